The van der Waals surface area contributed by atoms with Gasteiger partial charge in [-0.1, -0.05) is 6.07 Å². The van der Waals surface area contributed by atoms with Crippen LogP contribution < -0.4 is 0 Å². The van der Waals surface area contributed by atoms with Crippen molar-refractivity contribution in [3.63, 3.8) is 0 Å². The highest BCUT2D eigenvalue weighted by Gasteiger charge is 2.25. The molecule has 2 aromatic rings. The summed E-state index contributed by atoms with van der Waals surface area (Å²) in [4.78, 5) is 26.4. The summed E-state index contributed by atoms with van der Waals surface area (Å²) in [6.07, 6.45) is 8.05. The van der Waals surface area contributed by atoms with Gasteiger partial charge < -0.3 is 9.64 Å². The lowest BCUT2D eigenvalue weighted by molar-refractivity contribution is 0.0146. The molecule has 0 N–H and O–H groups in total. The lowest BCUT2D eigenvalue weighted by Crippen LogP contribution is -2.41. The first kappa shape index (κ1) is 20.9. The standard InChI is InChI=1S/C24H32N4O2/c1-2-30-22-10-14-28(15-11-22)24(29)19-8-9-23(26-16-19)20-6-5-13-27(17-20)18-21-7-3-4-12-25-21/h3-4,7-9,12,16,20,22H,2,5-6,10-11,13-15,17-18H2,1H3. The number of likely N-dealkylation sites (tertiary alicyclic amines) is 2. The molecule has 2 aliphatic heterocycles. The van der Waals surface area contributed by atoms with Crippen LogP contribution >= 0.6 is 0 Å². The number of rotatable bonds is 6. The molecule has 0 aromatic carbocycles. The van der Waals surface area contributed by atoms with E-state index in [2.05, 4.69) is 27.0 Å². The maximum Gasteiger partial charge on any atom is 0.255 e. The van der Waals surface area contributed by atoms with Crippen molar-refractivity contribution in [3.8, 4) is 0 Å². The molecule has 0 aliphatic carbocycles. The molecule has 0 bridgehead atoms. The summed E-state index contributed by atoms with van der Waals surface area (Å²) in [6, 6.07) is 10.1. The quantitative estimate of drug-likeness (QED) is 0.732. The van der Waals surface area contributed by atoms with E-state index < -0.39 is 0 Å². The number of pyridine rings is 2. The fraction of sp³-hybridized carbons (Fsp3) is 0.542. The zero-order chi connectivity index (χ0) is 20.8. The number of carbonyl (C=O) groups is 1. The molecule has 6 heteroatoms. The lowest BCUT2D eigenvalue weighted by Gasteiger charge is -2.33. The molecule has 1 atom stereocenters. The molecule has 0 spiro atoms. The van der Waals surface area contributed by atoms with Gasteiger partial charge in [-0.3, -0.25) is 19.7 Å². The molecule has 2 fully saturated rings. The van der Waals surface area contributed by atoms with Crippen molar-refractivity contribution in [1.82, 2.24) is 19.8 Å². The molecule has 30 heavy (non-hydrogen) atoms. The highest BCUT2D eigenvalue weighted by atomic mass is 16.5. The predicted octanol–water partition coefficient (Wildman–Crippen LogP) is 3.50. The molecule has 160 valence electrons. The first-order valence-electron chi connectivity index (χ1n) is 11.2. The topological polar surface area (TPSA) is 58.6 Å². The Kier molecular flexibility index (Phi) is 7.07. The van der Waals surface area contributed by atoms with Crippen molar-refractivity contribution in [3.05, 3.63) is 59.7 Å². The average molecular weight is 409 g/mol. The van der Waals surface area contributed by atoms with Crippen molar-refractivity contribution >= 4 is 5.91 Å². The molecule has 2 saturated heterocycles. The molecule has 0 radical (unpaired) electrons. The number of hydrogen-bond donors (Lipinski definition) is 0. The monoisotopic (exact) mass is 408 g/mol. The predicted molar refractivity (Wildman–Crippen MR) is 116 cm³/mol. The molecule has 4 rings (SSSR count). The molecular weight excluding hydrogens is 376 g/mol. The molecule has 0 saturated carbocycles. The Labute approximate surface area is 179 Å². The van der Waals surface area contributed by atoms with Crippen LogP contribution in [0, 0.1) is 0 Å². The van der Waals surface area contributed by atoms with Gasteiger partial charge in [0.2, 0.25) is 0 Å². The van der Waals surface area contributed by atoms with E-state index in [0.717, 1.165) is 76.4 Å². The van der Waals surface area contributed by atoms with Crippen LogP contribution in [0.3, 0.4) is 0 Å². The highest BCUT2D eigenvalue weighted by molar-refractivity contribution is 5.94. The Bertz CT molecular complexity index is 804. The molecule has 1 unspecified atom stereocenters. The molecule has 1 amide bonds. The normalized spacial score (nSPS) is 21.0. The van der Waals surface area contributed by atoms with Gasteiger partial charge in [0.15, 0.2) is 0 Å². The SMILES string of the molecule is CCOC1CCN(C(=O)c2ccc(C3CCCN(Cc4ccccn4)C3)nc2)CC1. The third kappa shape index (κ3) is 5.24. The van der Waals surface area contributed by atoms with Crippen LogP contribution in [-0.2, 0) is 11.3 Å². The number of aromatic nitrogens is 2. The Morgan fingerprint density at radius 2 is 1.97 bits per heavy atom. The number of amides is 1. The van der Waals surface area contributed by atoms with Gasteiger partial charge in [0.1, 0.15) is 0 Å². The van der Waals surface area contributed by atoms with Crippen LogP contribution in [0.2, 0.25) is 0 Å². The van der Waals surface area contributed by atoms with E-state index in [-0.39, 0.29) is 5.91 Å². The first-order valence-corrected chi connectivity index (χ1v) is 11.2. The second-order valence-electron chi connectivity index (χ2n) is 8.31. The average Bonchev–Trinajstić information content (AvgIpc) is 2.80. The van der Waals surface area contributed by atoms with Crippen molar-refractivity contribution < 1.29 is 9.53 Å². The first-order chi connectivity index (χ1) is 14.7. The van der Waals surface area contributed by atoms with Gasteiger partial charge in [0.05, 0.1) is 17.4 Å². The molecule has 2 aromatic heterocycles. The number of carbonyl (C=O) groups excluding carboxylic acids is 1. The van der Waals surface area contributed by atoms with E-state index in [0.29, 0.717) is 17.6 Å². The number of piperidine rings is 2. The van der Waals surface area contributed by atoms with Crippen LogP contribution in [0.25, 0.3) is 0 Å². The third-order valence-electron chi connectivity index (χ3n) is 6.20. The van der Waals surface area contributed by atoms with E-state index in [9.17, 15) is 4.79 Å². The minimum atomic E-state index is 0.0874. The van der Waals surface area contributed by atoms with E-state index in [1.807, 2.05) is 36.2 Å². The van der Waals surface area contributed by atoms with Crippen LogP contribution in [0.4, 0.5) is 0 Å². The fourth-order valence-electron chi connectivity index (χ4n) is 4.58. The van der Waals surface area contributed by atoms with Gasteiger partial charge in [-0.15, -0.1) is 0 Å². The van der Waals surface area contributed by atoms with Gasteiger partial charge in [-0.25, -0.2) is 0 Å². The van der Waals surface area contributed by atoms with E-state index in [1.54, 1.807) is 6.20 Å². The van der Waals surface area contributed by atoms with Crippen molar-refractivity contribution in [2.45, 2.75) is 51.2 Å². The number of nitrogens with zero attached hydrogens (tertiary/aromatic N) is 4. The van der Waals surface area contributed by atoms with Gasteiger partial charge >= 0.3 is 0 Å². The van der Waals surface area contributed by atoms with Gasteiger partial charge in [0, 0.05) is 56.8 Å². The van der Waals surface area contributed by atoms with Crippen molar-refractivity contribution in [2.75, 3.05) is 32.8 Å². The maximum absolute atomic E-state index is 12.8. The van der Waals surface area contributed by atoms with Crippen LogP contribution in [0.5, 0.6) is 0 Å². The molecule has 4 heterocycles. The number of hydrogen-bond acceptors (Lipinski definition) is 5. The minimum Gasteiger partial charge on any atom is -0.378 e. The lowest BCUT2D eigenvalue weighted by atomic mass is 9.94. The smallest absolute Gasteiger partial charge is 0.255 e. The summed E-state index contributed by atoms with van der Waals surface area (Å²) in [5.74, 6) is 0.498. The van der Waals surface area contributed by atoms with Gasteiger partial charge in [0.25, 0.3) is 5.91 Å². The van der Waals surface area contributed by atoms with E-state index >= 15 is 0 Å². The molecule has 6 nitrogen and oxygen atoms in total. The summed E-state index contributed by atoms with van der Waals surface area (Å²) in [5, 5.41) is 0. The Hall–Kier alpha value is -2.31. The third-order valence-corrected chi connectivity index (χ3v) is 6.20. The summed E-state index contributed by atoms with van der Waals surface area (Å²) >= 11 is 0. The van der Waals surface area contributed by atoms with Crippen LogP contribution in [-0.4, -0.2) is 64.6 Å². The summed E-state index contributed by atoms with van der Waals surface area (Å²) in [6.45, 7) is 7.25. The zero-order valence-electron chi connectivity index (χ0n) is 17.9. The van der Waals surface area contributed by atoms with Crippen LogP contribution in [0.1, 0.15) is 60.3 Å². The summed E-state index contributed by atoms with van der Waals surface area (Å²) in [7, 11) is 0. The van der Waals surface area contributed by atoms with Gasteiger partial charge in [-0.2, -0.15) is 0 Å². The highest BCUT2D eigenvalue weighted by Crippen LogP contribution is 2.26. The fourth-order valence-corrected chi connectivity index (χ4v) is 4.58. The Morgan fingerprint density at radius 1 is 1.10 bits per heavy atom. The van der Waals surface area contributed by atoms with E-state index in [1.165, 1.54) is 0 Å². The van der Waals surface area contributed by atoms with Gasteiger partial charge in [-0.05, 0) is 63.4 Å². The largest absolute Gasteiger partial charge is 0.378 e. The molecule has 2 aliphatic rings. The van der Waals surface area contributed by atoms with Crippen LogP contribution in [0.15, 0.2) is 42.7 Å². The second-order valence-corrected chi connectivity index (χ2v) is 8.31. The summed E-state index contributed by atoms with van der Waals surface area (Å²) in [5.41, 5.74) is 2.89. The second kappa shape index (κ2) is 10.1. The summed E-state index contributed by atoms with van der Waals surface area (Å²) < 4.78 is 5.69. The maximum atomic E-state index is 12.8. The van der Waals surface area contributed by atoms with Crippen molar-refractivity contribution in [1.29, 1.82) is 0 Å². The zero-order valence-corrected chi connectivity index (χ0v) is 17.9. The Balaban J connectivity index is 1.33. The molecular formula is C24H32N4O2. The minimum absolute atomic E-state index is 0.0874. The number of ether oxygens (including phenoxy) is 1. The van der Waals surface area contributed by atoms with Crippen molar-refractivity contribution in [2.24, 2.45) is 0 Å². The Morgan fingerprint density at radius 3 is 2.67 bits per heavy atom. The van der Waals surface area contributed by atoms with E-state index in [4.69, 9.17) is 4.74 Å².